The lowest BCUT2D eigenvalue weighted by Gasteiger charge is -2.44. The minimum atomic E-state index is -0.158. The van der Waals surface area contributed by atoms with Crippen LogP contribution in [0.2, 0.25) is 0 Å². The fourth-order valence-electron chi connectivity index (χ4n) is 18.2. The van der Waals surface area contributed by atoms with Crippen molar-refractivity contribution in [3.8, 4) is 44.8 Å². The molecule has 2 aliphatic carbocycles. The van der Waals surface area contributed by atoms with Gasteiger partial charge in [0.05, 0.1) is 27.8 Å². The number of nitrogens with zero attached hydrogens (tertiary/aromatic N) is 4. The summed E-state index contributed by atoms with van der Waals surface area (Å²) in [5.41, 5.74) is 34.0. The molecule has 5 heteroatoms. The molecule has 4 aliphatic rings. The lowest BCUT2D eigenvalue weighted by molar-refractivity contribution is 0.332. The summed E-state index contributed by atoms with van der Waals surface area (Å²) >= 11 is 0. The molecule has 0 amide bonds. The average Bonchev–Trinajstić information content (AvgIpc) is 1.61. The number of aromatic nitrogens is 2. The van der Waals surface area contributed by atoms with Crippen LogP contribution < -0.4 is 26.2 Å². The van der Waals surface area contributed by atoms with Crippen LogP contribution in [0.3, 0.4) is 0 Å². The molecule has 18 rings (SSSR count). The first-order chi connectivity index (χ1) is 48.3. The molecule has 0 atom stereocenters. The predicted molar refractivity (Wildman–Crippen MR) is 433 cm³/mol. The summed E-state index contributed by atoms with van der Waals surface area (Å²) < 4.78 is 5.09. The van der Waals surface area contributed by atoms with Crippen molar-refractivity contribution in [2.75, 3.05) is 9.80 Å². The Morgan fingerprint density at radius 2 is 0.663 bits per heavy atom. The monoisotopic (exact) mass is 1310 g/mol. The van der Waals surface area contributed by atoms with Crippen molar-refractivity contribution in [2.45, 2.75) is 155 Å². The van der Waals surface area contributed by atoms with Gasteiger partial charge in [-0.15, -0.1) is 0 Å². The molecule has 0 unspecified atom stereocenters. The second-order valence-electron chi connectivity index (χ2n) is 34.7. The quantitative estimate of drug-likeness (QED) is 0.148. The number of rotatable bonds is 7. The van der Waals surface area contributed by atoms with Crippen LogP contribution in [0.5, 0.6) is 0 Å². The summed E-state index contributed by atoms with van der Waals surface area (Å²) in [6.45, 7) is 33.4. The molecule has 0 radical (unpaired) electrons. The smallest absolute Gasteiger partial charge is 0.252 e. The van der Waals surface area contributed by atoms with E-state index in [0.29, 0.717) is 0 Å². The van der Waals surface area contributed by atoms with E-state index in [1.807, 2.05) is 0 Å². The lowest BCUT2D eigenvalue weighted by Crippen LogP contribution is -2.61. The Morgan fingerprint density at radius 3 is 1.16 bits per heavy atom. The molecule has 4 nitrogen and oxygen atoms in total. The SMILES string of the molecule is CC(C)(C)c1ccc2c(c1)c1cc(C(C)(C)C)ccc1n2-c1cc2c3c(c1)N(c1ccc(-c4ccc5c(c4)C(C)(C)CCC5(C)C)cc1)c1cc(-n4c5ccccc5c5ccccc54)ccc1B3c1cc(-c3ccccc3)ccc1N2c1ccc(-c2ccc3c(c2)C(C)(C)CCC3(C)C)cc1. The number of hydrogen-bond donors (Lipinski definition) is 0. The Balaban J connectivity index is 0.929. The predicted octanol–water partition coefficient (Wildman–Crippen LogP) is 24.3. The summed E-state index contributed by atoms with van der Waals surface area (Å²) in [7, 11) is 0. The van der Waals surface area contributed by atoms with E-state index < -0.39 is 0 Å². The largest absolute Gasteiger partial charge is 0.311 e. The van der Waals surface area contributed by atoms with E-state index in [4.69, 9.17) is 0 Å². The molecule has 2 aromatic heterocycles. The van der Waals surface area contributed by atoms with Gasteiger partial charge in [-0.25, -0.2) is 0 Å². The van der Waals surface area contributed by atoms with Crippen molar-refractivity contribution in [2.24, 2.45) is 0 Å². The van der Waals surface area contributed by atoms with Crippen LogP contribution in [0.25, 0.3) is 88.4 Å². The topological polar surface area (TPSA) is 16.3 Å². The minimum Gasteiger partial charge on any atom is -0.311 e. The summed E-state index contributed by atoms with van der Waals surface area (Å²) in [4.78, 5) is 5.26. The van der Waals surface area contributed by atoms with E-state index in [9.17, 15) is 0 Å². The van der Waals surface area contributed by atoms with Gasteiger partial charge in [-0.1, -0.05) is 255 Å². The maximum Gasteiger partial charge on any atom is 0.252 e. The first kappa shape index (κ1) is 63.1. The molecule has 12 aromatic carbocycles. The van der Waals surface area contributed by atoms with Crippen LogP contribution in [0.15, 0.2) is 249 Å². The molecule has 0 bridgehead atoms. The third-order valence-electron chi connectivity index (χ3n) is 24.4. The highest BCUT2D eigenvalue weighted by atomic mass is 15.2. The van der Waals surface area contributed by atoms with E-state index in [2.05, 4.69) is 365 Å². The van der Waals surface area contributed by atoms with Gasteiger partial charge in [0.25, 0.3) is 6.71 Å². The molecule has 498 valence electrons. The molecule has 14 aromatic rings. The Hall–Kier alpha value is -10.1. The van der Waals surface area contributed by atoms with Crippen molar-refractivity contribution in [1.82, 2.24) is 9.13 Å². The highest BCUT2D eigenvalue weighted by Crippen LogP contribution is 2.52. The van der Waals surface area contributed by atoms with Gasteiger partial charge in [0.15, 0.2) is 0 Å². The zero-order valence-electron chi connectivity index (χ0n) is 61.4. The zero-order valence-corrected chi connectivity index (χ0v) is 61.4. The maximum absolute atomic E-state index is 2.64. The third-order valence-corrected chi connectivity index (χ3v) is 24.4. The van der Waals surface area contributed by atoms with Gasteiger partial charge in [0.1, 0.15) is 0 Å². The summed E-state index contributed by atoms with van der Waals surface area (Å²) in [6, 6.07) is 97.1. The van der Waals surface area contributed by atoms with Gasteiger partial charge in [-0.3, -0.25) is 0 Å². The summed E-state index contributed by atoms with van der Waals surface area (Å²) in [5, 5.41) is 5.03. The molecule has 2 aliphatic heterocycles. The Bertz CT molecular complexity index is 5610. The van der Waals surface area contributed by atoms with Crippen molar-refractivity contribution in [1.29, 1.82) is 0 Å². The molecular weight excluding hydrogens is 1220 g/mol. The first-order valence-corrected chi connectivity index (χ1v) is 37.0. The van der Waals surface area contributed by atoms with Crippen LogP contribution in [0, 0.1) is 0 Å². The molecule has 0 fully saturated rings. The van der Waals surface area contributed by atoms with E-state index >= 15 is 0 Å². The highest BCUT2D eigenvalue weighted by Gasteiger charge is 2.45. The second-order valence-corrected chi connectivity index (χ2v) is 34.7. The van der Waals surface area contributed by atoms with Crippen LogP contribution in [-0.2, 0) is 32.5 Å². The van der Waals surface area contributed by atoms with E-state index in [-0.39, 0.29) is 39.2 Å². The molecular formula is C96H91BN4. The molecule has 4 heterocycles. The van der Waals surface area contributed by atoms with Gasteiger partial charge >= 0.3 is 0 Å². The Morgan fingerprint density at radius 1 is 0.277 bits per heavy atom. The van der Waals surface area contributed by atoms with Crippen LogP contribution in [0.4, 0.5) is 34.1 Å². The summed E-state index contributed by atoms with van der Waals surface area (Å²) in [6.07, 6.45) is 4.72. The summed E-state index contributed by atoms with van der Waals surface area (Å²) in [5.74, 6) is 0. The third kappa shape index (κ3) is 9.98. The normalized spacial score (nSPS) is 16.3. The number of para-hydroxylation sites is 2. The van der Waals surface area contributed by atoms with Crippen LogP contribution in [0.1, 0.15) is 156 Å². The second kappa shape index (κ2) is 22.2. The Kier molecular flexibility index (Phi) is 13.9. The maximum atomic E-state index is 2.64. The number of hydrogen-bond acceptors (Lipinski definition) is 2. The zero-order chi connectivity index (χ0) is 69.6. The standard InChI is InChI=1S/C96H91BN4/c1-91(2,3)66-35-46-84-74(55-66)75-56-67(92(4,5)6)36-47-85(75)101(84)71-58-88-90-89(59-71)99(69-39-30-62(31-40-69)64-33-43-77-79(53-64)96(13,14)51-49-94(77,9)10)87-57-70(100-82-26-20-18-24-72(82)73-25-19-21-27-83(73)100)41-44-80(87)97(90)81-54-65(60-22-16-15-17-23-60)34-45-86(81)98(88)68-37-28-61(29-38-68)63-32-42-76-78(52-63)95(11,12)50-48-93(76,7)8/h15-47,52-59H,48-51H2,1-14H3. The Labute approximate surface area is 598 Å². The van der Waals surface area contributed by atoms with Gasteiger partial charge in [0, 0.05) is 61.4 Å². The molecule has 0 saturated carbocycles. The number of anilines is 6. The van der Waals surface area contributed by atoms with Crippen molar-refractivity contribution in [3.05, 3.63) is 282 Å². The van der Waals surface area contributed by atoms with E-state index in [0.717, 1.165) is 34.1 Å². The average molecular weight is 1310 g/mol. The number of benzene rings is 12. The van der Waals surface area contributed by atoms with E-state index in [1.165, 1.54) is 164 Å². The van der Waals surface area contributed by atoms with Crippen molar-refractivity contribution < 1.29 is 0 Å². The van der Waals surface area contributed by atoms with Gasteiger partial charge in [0.2, 0.25) is 0 Å². The van der Waals surface area contributed by atoms with Crippen LogP contribution >= 0.6 is 0 Å². The van der Waals surface area contributed by atoms with E-state index in [1.54, 1.807) is 0 Å². The molecule has 0 N–H and O–H groups in total. The van der Waals surface area contributed by atoms with Crippen molar-refractivity contribution >= 4 is 101 Å². The minimum absolute atomic E-state index is 0.0541. The fraction of sp³-hybridized carbons (Fsp3) is 0.250. The van der Waals surface area contributed by atoms with Gasteiger partial charge in [-0.05, 0) is 232 Å². The number of fused-ring (bicyclic) bond motifs is 12. The van der Waals surface area contributed by atoms with Crippen molar-refractivity contribution in [3.63, 3.8) is 0 Å². The molecule has 0 spiro atoms. The highest BCUT2D eigenvalue weighted by molar-refractivity contribution is 7.00. The fourth-order valence-corrected chi connectivity index (χ4v) is 18.2. The molecule has 101 heavy (non-hydrogen) atoms. The van der Waals surface area contributed by atoms with Gasteiger partial charge in [-0.2, -0.15) is 0 Å². The lowest BCUT2D eigenvalue weighted by atomic mass is 9.33. The van der Waals surface area contributed by atoms with Crippen LogP contribution in [-0.4, -0.2) is 15.8 Å². The molecule has 0 saturated heterocycles. The van der Waals surface area contributed by atoms with Gasteiger partial charge < -0.3 is 18.9 Å². The first-order valence-electron chi connectivity index (χ1n) is 37.0.